The molecular weight excluding hydrogens is 138 g/mol. The molecule has 0 aromatic carbocycles. The molecule has 0 amide bonds. The van der Waals surface area contributed by atoms with Crippen molar-refractivity contribution >= 4 is 0 Å². The molecule has 1 aliphatic carbocycles. The fourth-order valence-electron chi connectivity index (χ4n) is 2.24. The minimum absolute atomic E-state index is 0.0364. The van der Waals surface area contributed by atoms with Crippen LogP contribution in [0.1, 0.15) is 25.7 Å². The van der Waals surface area contributed by atoms with Gasteiger partial charge >= 0.3 is 0 Å². The van der Waals surface area contributed by atoms with Crippen molar-refractivity contribution in [2.24, 2.45) is 11.7 Å². The highest BCUT2D eigenvalue weighted by Crippen LogP contribution is 2.25. The Morgan fingerprint density at radius 3 is 2.91 bits per heavy atom. The molecule has 1 saturated carbocycles. The number of nitrogens with one attached hydrogen (secondary N) is 2. The molecule has 3 unspecified atom stereocenters. The summed E-state index contributed by atoms with van der Waals surface area (Å²) >= 11 is 0. The fourth-order valence-corrected chi connectivity index (χ4v) is 2.24. The van der Waals surface area contributed by atoms with Crippen LogP contribution in [0.2, 0.25) is 0 Å². The molecule has 0 aromatic heterocycles. The number of fused-ring (bicyclic) bond motifs is 1. The Balaban J connectivity index is 1.93. The molecule has 64 valence electrons. The second kappa shape index (κ2) is 3.09. The second-order valence-electron chi connectivity index (χ2n) is 3.70. The minimum atomic E-state index is 0.0364. The third kappa shape index (κ3) is 1.55. The molecule has 3 nitrogen and oxygen atoms in total. The van der Waals surface area contributed by atoms with Crippen LogP contribution in [0, 0.1) is 5.92 Å². The highest BCUT2D eigenvalue weighted by atomic mass is 15.3. The lowest BCUT2D eigenvalue weighted by Gasteiger charge is -2.39. The van der Waals surface area contributed by atoms with Gasteiger partial charge in [-0.3, -0.25) is 10.6 Å². The zero-order valence-corrected chi connectivity index (χ0v) is 6.84. The third-order valence-corrected chi connectivity index (χ3v) is 2.90. The molecule has 11 heavy (non-hydrogen) atoms. The largest absolute Gasteiger partial charge is 0.304 e. The van der Waals surface area contributed by atoms with Crippen molar-refractivity contribution in [2.45, 2.75) is 38.0 Å². The predicted molar refractivity (Wildman–Crippen MR) is 44.9 cm³/mol. The van der Waals surface area contributed by atoms with E-state index in [-0.39, 0.29) is 6.29 Å². The first kappa shape index (κ1) is 7.53. The summed E-state index contributed by atoms with van der Waals surface area (Å²) in [5.41, 5.74) is 5.72. The Kier molecular flexibility index (Phi) is 2.11. The summed E-state index contributed by atoms with van der Waals surface area (Å²) in [6, 6.07) is 0.694. The van der Waals surface area contributed by atoms with Crippen LogP contribution in [0.15, 0.2) is 0 Å². The van der Waals surface area contributed by atoms with Gasteiger partial charge < -0.3 is 5.73 Å². The highest BCUT2D eigenvalue weighted by Gasteiger charge is 2.29. The molecule has 1 saturated heterocycles. The summed E-state index contributed by atoms with van der Waals surface area (Å²) in [6.07, 6.45) is 5.51. The van der Waals surface area contributed by atoms with Gasteiger partial charge in [0.15, 0.2) is 0 Å². The molecule has 0 spiro atoms. The first-order chi connectivity index (χ1) is 5.36. The van der Waals surface area contributed by atoms with E-state index in [4.69, 9.17) is 5.73 Å². The van der Waals surface area contributed by atoms with Crippen LogP contribution in [0.25, 0.3) is 0 Å². The van der Waals surface area contributed by atoms with Gasteiger partial charge in [-0.1, -0.05) is 12.8 Å². The summed E-state index contributed by atoms with van der Waals surface area (Å²) in [6.45, 7) is 1.11. The van der Waals surface area contributed by atoms with Crippen molar-refractivity contribution in [1.82, 2.24) is 10.6 Å². The summed E-state index contributed by atoms with van der Waals surface area (Å²) in [7, 11) is 0. The molecule has 0 aromatic rings. The summed E-state index contributed by atoms with van der Waals surface area (Å²) in [4.78, 5) is 0. The Morgan fingerprint density at radius 1 is 1.18 bits per heavy atom. The molecule has 4 N–H and O–H groups in total. The normalized spacial score (nSPS) is 45.0. The molecule has 2 fully saturated rings. The van der Waals surface area contributed by atoms with E-state index >= 15 is 0 Å². The van der Waals surface area contributed by atoms with Crippen LogP contribution >= 0.6 is 0 Å². The van der Waals surface area contributed by atoms with E-state index in [0.29, 0.717) is 6.04 Å². The van der Waals surface area contributed by atoms with Gasteiger partial charge in [-0.15, -0.1) is 0 Å². The maximum Gasteiger partial charge on any atom is 0.109 e. The van der Waals surface area contributed by atoms with E-state index in [1.54, 1.807) is 0 Å². The third-order valence-electron chi connectivity index (χ3n) is 2.90. The van der Waals surface area contributed by atoms with Crippen molar-refractivity contribution in [3.05, 3.63) is 0 Å². The number of rotatable bonds is 0. The molecule has 1 aliphatic heterocycles. The van der Waals surface area contributed by atoms with Gasteiger partial charge in [0.05, 0.1) is 0 Å². The van der Waals surface area contributed by atoms with Crippen LogP contribution < -0.4 is 16.4 Å². The molecule has 2 rings (SSSR count). The van der Waals surface area contributed by atoms with E-state index in [0.717, 1.165) is 12.5 Å². The van der Waals surface area contributed by atoms with Gasteiger partial charge in [-0.05, 0) is 18.8 Å². The SMILES string of the molecule is NC1NCC2CCCCC2N1. The summed E-state index contributed by atoms with van der Waals surface area (Å²) in [5.74, 6) is 0.837. The van der Waals surface area contributed by atoms with E-state index in [9.17, 15) is 0 Å². The average Bonchev–Trinajstić information content (AvgIpc) is 2.04. The van der Waals surface area contributed by atoms with Crippen LogP contribution in [-0.4, -0.2) is 18.9 Å². The van der Waals surface area contributed by atoms with Crippen LogP contribution in [0.3, 0.4) is 0 Å². The number of hydrogen-bond acceptors (Lipinski definition) is 3. The molecule has 1 heterocycles. The van der Waals surface area contributed by atoms with Crippen molar-refractivity contribution in [3.63, 3.8) is 0 Å². The summed E-state index contributed by atoms with van der Waals surface area (Å²) in [5, 5.41) is 6.63. The first-order valence-corrected chi connectivity index (χ1v) is 4.61. The smallest absolute Gasteiger partial charge is 0.109 e. The zero-order chi connectivity index (χ0) is 7.68. The van der Waals surface area contributed by atoms with Crippen molar-refractivity contribution in [3.8, 4) is 0 Å². The number of hydrogen-bond donors (Lipinski definition) is 3. The molecular formula is C8H17N3. The maximum atomic E-state index is 5.72. The van der Waals surface area contributed by atoms with Crippen LogP contribution in [-0.2, 0) is 0 Å². The van der Waals surface area contributed by atoms with Gasteiger partial charge in [0.1, 0.15) is 6.29 Å². The lowest BCUT2D eigenvalue weighted by molar-refractivity contribution is 0.174. The van der Waals surface area contributed by atoms with E-state index in [2.05, 4.69) is 10.6 Å². The molecule has 3 heteroatoms. The average molecular weight is 155 g/mol. The van der Waals surface area contributed by atoms with Gasteiger partial charge in [-0.25, -0.2) is 0 Å². The monoisotopic (exact) mass is 155 g/mol. The number of nitrogens with two attached hydrogens (primary N) is 1. The minimum Gasteiger partial charge on any atom is -0.304 e. The quantitative estimate of drug-likeness (QED) is 0.461. The Hall–Kier alpha value is -0.120. The Morgan fingerprint density at radius 2 is 2.00 bits per heavy atom. The van der Waals surface area contributed by atoms with Crippen LogP contribution in [0.4, 0.5) is 0 Å². The van der Waals surface area contributed by atoms with E-state index in [1.165, 1.54) is 25.7 Å². The van der Waals surface area contributed by atoms with E-state index < -0.39 is 0 Å². The van der Waals surface area contributed by atoms with Gasteiger partial charge in [0.25, 0.3) is 0 Å². The standard InChI is InChI=1S/C8H17N3/c9-8-10-5-6-3-1-2-4-7(6)11-8/h6-8,10-11H,1-5,9H2. The fraction of sp³-hybridized carbons (Fsp3) is 1.00. The molecule has 0 radical (unpaired) electrons. The van der Waals surface area contributed by atoms with Crippen molar-refractivity contribution in [2.75, 3.05) is 6.54 Å². The lowest BCUT2D eigenvalue weighted by Crippen LogP contribution is -2.62. The molecule has 3 atom stereocenters. The van der Waals surface area contributed by atoms with Crippen molar-refractivity contribution in [1.29, 1.82) is 0 Å². The van der Waals surface area contributed by atoms with Crippen molar-refractivity contribution < 1.29 is 0 Å². The van der Waals surface area contributed by atoms with Crippen LogP contribution in [0.5, 0.6) is 0 Å². The predicted octanol–water partition coefficient (Wildman–Crippen LogP) is -0.0197. The summed E-state index contributed by atoms with van der Waals surface area (Å²) < 4.78 is 0. The lowest BCUT2D eigenvalue weighted by atomic mass is 9.83. The maximum absolute atomic E-state index is 5.72. The van der Waals surface area contributed by atoms with Gasteiger partial charge in [-0.2, -0.15) is 0 Å². The van der Waals surface area contributed by atoms with E-state index in [1.807, 2.05) is 0 Å². The van der Waals surface area contributed by atoms with Gasteiger partial charge in [0, 0.05) is 12.6 Å². The zero-order valence-electron chi connectivity index (χ0n) is 6.84. The highest BCUT2D eigenvalue weighted by molar-refractivity contribution is 4.87. The molecule has 2 aliphatic rings. The second-order valence-corrected chi connectivity index (χ2v) is 3.70. The Bertz CT molecular complexity index is 137. The molecule has 0 bridgehead atoms. The topological polar surface area (TPSA) is 50.1 Å². The Labute approximate surface area is 67.7 Å². The first-order valence-electron chi connectivity index (χ1n) is 4.61. The van der Waals surface area contributed by atoms with Gasteiger partial charge in [0.2, 0.25) is 0 Å².